The van der Waals surface area contributed by atoms with E-state index in [1.165, 1.54) is 7.11 Å². The number of carbonyl (C=O) groups is 1. The van der Waals surface area contributed by atoms with Gasteiger partial charge in [0.15, 0.2) is 0 Å². The molecule has 1 aromatic carbocycles. The van der Waals surface area contributed by atoms with Gasteiger partial charge in [-0.05, 0) is 12.5 Å². The zero-order chi connectivity index (χ0) is 13.7. The second-order valence-corrected chi connectivity index (χ2v) is 5.07. The van der Waals surface area contributed by atoms with E-state index in [1.807, 2.05) is 42.6 Å². The van der Waals surface area contributed by atoms with E-state index < -0.39 is 6.04 Å². The predicted molar refractivity (Wildman–Crippen MR) is 74.9 cm³/mol. The molecule has 0 aliphatic carbocycles. The molecule has 2 rings (SSSR count). The molecule has 1 heterocycles. The number of thiazole rings is 1. The van der Waals surface area contributed by atoms with Gasteiger partial charge < -0.3 is 4.74 Å². The first kappa shape index (κ1) is 13.7. The fourth-order valence-electron chi connectivity index (χ4n) is 1.77. The van der Waals surface area contributed by atoms with Crippen molar-refractivity contribution in [3.05, 3.63) is 52.0 Å². The molecule has 100 valence electrons. The lowest BCUT2D eigenvalue weighted by molar-refractivity contribution is -0.143. The Labute approximate surface area is 116 Å². The van der Waals surface area contributed by atoms with Crippen LogP contribution in [-0.2, 0) is 16.1 Å². The first-order valence-electron chi connectivity index (χ1n) is 5.98. The number of rotatable bonds is 5. The molecule has 1 N–H and O–H groups in total. The molecule has 19 heavy (non-hydrogen) atoms. The number of aryl methyl sites for hydroxylation is 1. The highest BCUT2D eigenvalue weighted by Gasteiger charge is 2.20. The van der Waals surface area contributed by atoms with Gasteiger partial charge in [0.2, 0.25) is 0 Å². The summed E-state index contributed by atoms with van der Waals surface area (Å²) in [5.41, 5.74) is 1.89. The summed E-state index contributed by atoms with van der Waals surface area (Å²) < 4.78 is 4.84. The van der Waals surface area contributed by atoms with Crippen LogP contribution in [0.4, 0.5) is 0 Å². The first-order chi connectivity index (χ1) is 9.20. The van der Waals surface area contributed by atoms with Crippen LogP contribution >= 0.6 is 11.3 Å². The van der Waals surface area contributed by atoms with Crippen molar-refractivity contribution in [2.75, 3.05) is 7.11 Å². The highest BCUT2D eigenvalue weighted by molar-refractivity contribution is 7.09. The molecule has 1 atom stereocenters. The van der Waals surface area contributed by atoms with Crippen molar-refractivity contribution in [1.82, 2.24) is 10.3 Å². The van der Waals surface area contributed by atoms with Gasteiger partial charge in [-0.15, -0.1) is 11.3 Å². The SMILES string of the molecule is COC(=O)C(NCc1nc(C)cs1)c1ccccc1. The van der Waals surface area contributed by atoms with Gasteiger partial charge in [-0.1, -0.05) is 30.3 Å². The van der Waals surface area contributed by atoms with Crippen LogP contribution in [0.15, 0.2) is 35.7 Å². The van der Waals surface area contributed by atoms with E-state index in [4.69, 9.17) is 4.74 Å². The molecule has 2 aromatic rings. The lowest BCUT2D eigenvalue weighted by atomic mass is 10.1. The summed E-state index contributed by atoms with van der Waals surface area (Å²) in [7, 11) is 1.40. The van der Waals surface area contributed by atoms with Crippen LogP contribution in [0.2, 0.25) is 0 Å². The van der Waals surface area contributed by atoms with Crippen molar-refractivity contribution in [2.45, 2.75) is 19.5 Å². The molecule has 0 aliphatic heterocycles. The van der Waals surface area contributed by atoms with E-state index in [-0.39, 0.29) is 5.97 Å². The minimum atomic E-state index is -0.463. The molecule has 4 nitrogen and oxygen atoms in total. The Morgan fingerprint density at radius 1 is 1.42 bits per heavy atom. The van der Waals surface area contributed by atoms with Crippen LogP contribution in [0.5, 0.6) is 0 Å². The third-order valence-corrected chi connectivity index (χ3v) is 3.66. The smallest absolute Gasteiger partial charge is 0.327 e. The fourth-order valence-corrected chi connectivity index (χ4v) is 2.50. The van der Waals surface area contributed by atoms with E-state index in [0.29, 0.717) is 6.54 Å². The second kappa shape index (κ2) is 6.45. The molecule has 0 amide bonds. The summed E-state index contributed by atoms with van der Waals surface area (Å²) in [6, 6.07) is 9.07. The van der Waals surface area contributed by atoms with Gasteiger partial charge >= 0.3 is 5.97 Å². The van der Waals surface area contributed by atoms with Gasteiger partial charge in [0.1, 0.15) is 11.0 Å². The third-order valence-electron chi connectivity index (χ3n) is 2.69. The molecule has 0 bridgehead atoms. The third kappa shape index (κ3) is 3.62. The van der Waals surface area contributed by atoms with Crippen molar-refractivity contribution in [2.24, 2.45) is 0 Å². The molecule has 1 aromatic heterocycles. The van der Waals surface area contributed by atoms with Crippen LogP contribution in [0.3, 0.4) is 0 Å². The molecular formula is C14H16N2O2S. The van der Waals surface area contributed by atoms with E-state index in [1.54, 1.807) is 11.3 Å². The molecule has 1 unspecified atom stereocenters. The quantitative estimate of drug-likeness (QED) is 0.852. The number of aromatic nitrogens is 1. The number of ether oxygens (including phenoxy) is 1. The average Bonchev–Trinajstić information content (AvgIpc) is 2.85. The van der Waals surface area contributed by atoms with E-state index in [9.17, 15) is 4.79 Å². The minimum absolute atomic E-state index is 0.292. The summed E-state index contributed by atoms with van der Waals surface area (Å²) in [5.74, 6) is -0.292. The molecule has 0 fully saturated rings. The topological polar surface area (TPSA) is 51.2 Å². The summed E-state index contributed by atoms with van der Waals surface area (Å²) in [6.45, 7) is 2.50. The number of carbonyl (C=O) groups excluding carboxylic acids is 1. The average molecular weight is 276 g/mol. The van der Waals surface area contributed by atoms with Gasteiger partial charge in [0, 0.05) is 17.6 Å². The maximum atomic E-state index is 11.8. The second-order valence-electron chi connectivity index (χ2n) is 4.13. The van der Waals surface area contributed by atoms with Gasteiger partial charge in [-0.2, -0.15) is 0 Å². The Balaban J connectivity index is 2.09. The number of hydrogen-bond donors (Lipinski definition) is 1. The molecule has 5 heteroatoms. The zero-order valence-electron chi connectivity index (χ0n) is 10.9. The van der Waals surface area contributed by atoms with Crippen LogP contribution < -0.4 is 5.32 Å². The van der Waals surface area contributed by atoms with Crippen molar-refractivity contribution < 1.29 is 9.53 Å². The molecule has 0 spiro atoms. The van der Waals surface area contributed by atoms with Crippen LogP contribution in [0.25, 0.3) is 0 Å². The van der Waals surface area contributed by atoms with E-state index in [2.05, 4.69) is 10.3 Å². The summed E-state index contributed by atoms with van der Waals surface area (Å²) in [4.78, 5) is 16.2. The molecule has 0 saturated heterocycles. The lowest BCUT2D eigenvalue weighted by Crippen LogP contribution is -2.29. The van der Waals surface area contributed by atoms with Crippen LogP contribution in [0.1, 0.15) is 22.3 Å². The van der Waals surface area contributed by atoms with Gasteiger partial charge in [-0.25, -0.2) is 9.78 Å². The van der Waals surface area contributed by atoms with Crippen molar-refractivity contribution in [3.63, 3.8) is 0 Å². The monoisotopic (exact) mass is 276 g/mol. The normalized spacial score (nSPS) is 12.1. The maximum absolute atomic E-state index is 11.8. The molecule has 0 aliphatic rings. The molecular weight excluding hydrogens is 260 g/mol. The Kier molecular flexibility index (Phi) is 4.65. The van der Waals surface area contributed by atoms with Crippen molar-refractivity contribution in [1.29, 1.82) is 0 Å². The van der Waals surface area contributed by atoms with Crippen LogP contribution in [0, 0.1) is 6.92 Å². The summed E-state index contributed by atoms with van der Waals surface area (Å²) in [6.07, 6.45) is 0. The van der Waals surface area contributed by atoms with Crippen LogP contribution in [-0.4, -0.2) is 18.1 Å². The Morgan fingerprint density at radius 2 is 2.16 bits per heavy atom. The number of nitrogens with one attached hydrogen (secondary N) is 1. The standard InChI is InChI=1S/C14H16N2O2S/c1-10-9-19-12(16-10)8-15-13(14(17)18-2)11-6-4-3-5-7-11/h3-7,9,13,15H,8H2,1-2H3. The van der Waals surface area contributed by atoms with Crippen molar-refractivity contribution in [3.8, 4) is 0 Å². The largest absolute Gasteiger partial charge is 0.468 e. The first-order valence-corrected chi connectivity index (χ1v) is 6.86. The van der Waals surface area contributed by atoms with Gasteiger partial charge in [0.25, 0.3) is 0 Å². The lowest BCUT2D eigenvalue weighted by Gasteiger charge is -2.16. The summed E-state index contributed by atoms with van der Waals surface area (Å²) >= 11 is 1.58. The Morgan fingerprint density at radius 3 is 2.74 bits per heavy atom. The number of hydrogen-bond acceptors (Lipinski definition) is 5. The number of benzene rings is 1. The maximum Gasteiger partial charge on any atom is 0.327 e. The van der Waals surface area contributed by atoms with Crippen molar-refractivity contribution >= 4 is 17.3 Å². The minimum Gasteiger partial charge on any atom is -0.468 e. The van der Waals surface area contributed by atoms with Gasteiger partial charge in [-0.3, -0.25) is 5.32 Å². The molecule has 0 saturated carbocycles. The zero-order valence-corrected chi connectivity index (χ0v) is 11.7. The Bertz CT molecular complexity index is 539. The fraction of sp³-hybridized carbons (Fsp3) is 0.286. The highest BCUT2D eigenvalue weighted by Crippen LogP contribution is 2.16. The Hall–Kier alpha value is -1.72. The highest BCUT2D eigenvalue weighted by atomic mass is 32.1. The summed E-state index contributed by atoms with van der Waals surface area (Å²) in [5, 5.41) is 6.14. The van der Waals surface area contributed by atoms with Gasteiger partial charge in [0.05, 0.1) is 7.11 Å². The van der Waals surface area contributed by atoms with E-state index in [0.717, 1.165) is 16.3 Å². The molecule has 0 radical (unpaired) electrons. The number of nitrogens with zero attached hydrogens (tertiary/aromatic N) is 1. The van der Waals surface area contributed by atoms with E-state index >= 15 is 0 Å². The predicted octanol–water partition coefficient (Wildman–Crippen LogP) is 2.46. The number of esters is 1. The number of methoxy groups -OCH3 is 1.